The van der Waals surface area contributed by atoms with Gasteiger partial charge in [0.1, 0.15) is 0 Å². The molecule has 1 heteroatoms. The summed E-state index contributed by atoms with van der Waals surface area (Å²) >= 11 is 0. The molecule has 58 valence electrons. The van der Waals surface area contributed by atoms with Crippen molar-refractivity contribution >= 4 is 0 Å². The van der Waals surface area contributed by atoms with Crippen LogP contribution < -0.4 is 0 Å². The standard InChI is InChI=1S/C9H16O/c1-9(2)7-4-3-6(5-7)8(9)10/h6-8,10H,3-5H2,1-2H3/t6-,7-,8+/m0/s1. The number of aliphatic hydroxyl groups is 1. The van der Waals surface area contributed by atoms with Crippen molar-refractivity contribution in [3.05, 3.63) is 0 Å². The summed E-state index contributed by atoms with van der Waals surface area (Å²) in [5.41, 5.74) is 0.225. The van der Waals surface area contributed by atoms with Crippen LogP contribution in [0.3, 0.4) is 0 Å². The van der Waals surface area contributed by atoms with Gasteiger partial charge in [-0.1, -0.05) is 13.8 Å². The lowest BCUT2D eigenvalue weighted by atomic mass is 9.74. The molecule has 0 aromatic carbocycles. The van der Waals surface area contributed by atoms with E-state index in [2.05, 4.69) is 13.8 Å². The Morgan fingerprint density at radius 1 is 1.30 bits per heavy atom. The molecule has 2 aliphatic carbocycles. The molecule has 3 atom stereocenters. The van der Waals surface area contributed by atoms with E-state index in [1.54, 1.807) is 0 Å². The smallest absolute Gasteiger partial charge is 0.0622 e. The molecule has 0 radical (unpaired) electrons. The zero-order valence-corrected chi connectivity index (χ0v) is 6.80. The molecular formula is C9H16O. The Hall–Kier alpha value is -0.0400. The highest BCUT2D eigenvalue weighted by atomic mass is 16.3. The number of hydrogen-bond acceptors (Lipinski definition) is 1. The molecule has 0 aromatic rings. The molecule has 0 unspecified atom stereocenters. The minimum absolute atomic E-state index is 0.00810. The summed E-state index contributed by atoms with van der Waals surface area (Å²) in [5.74, 6) is 1.45. The van der Waals surface area contributed by atoms with Crippen molar-refractivity contribution in [3.8, 4) is 0 Å². The van der Waals surface area contributed by atoms with Crippen LogP contribution in [-0.2, 0) is 0 Å². The Labute approximate surface area is 62.4 Å². The van der Waals surface area contributed by atoms with Gasteiger partial charge >= 0.3 is 0 Å². The Kier molecular flexibility index (Phi) is 1.17. The zero-order valence-electron chi connectivity index (χ0n) is 6.80. The van der Waals surface area contributed by atoms with Gasteiger partial charge in [-0.15, -0.1) is 0 Å². The molecular weight excluding hydrogens is 124 g/mol. The van der Waals surface area contributed by atoms with Gasteiger partial charge in [-0.05, 0) is 36.5 Å². The van der Waals surface area contributed by atoms with Gasteiger partial charge in [-0.3, -0.25) is 0 Å². The molecule has 1 N–H and O–H groups in total. The van der Waals surface area contributed by atoms with Crippen LogP contribution >= 0.6 is 0 Å². The zero-order chi connectivity index (χ0) is 7.35. The molecule has 0 heterocycles. The lowest BCUT2D eigenvalue weighted by Crippen LogP contribution is -2.34. The minimum atomic E-state index is -0.00810. The Balaban J connectivity index is 2.25. The maximum atomic E-state index is 9.75. The number of hydrogen-bond donors (Lipinski definition) is 1. The maximum absolute atomic E-state index is 9.75. The van der Waals surface area contributed by atoms with Crippen molar-refractivity contribution in [2.45, 2.75) is 39.2 Å². The summed E-state index contributed by atoms with van der Waals surface area (Å²) in [4.78, 5) is 0. The quantitative estimate of drug-likeness (QED) is 0.544. The molecule has 2 fully saturated rings. The topological polar surface area (TPSA) is 20.2 Å². The van der Waals surface area contributed by atoms with Gasteiger partial charge in [-0.25, -0.2) is 0 Å². The third-order valence-electron chi connectivity index (χ3n) is 3.73. The molecule has 0 aromatic heterocycles. The fraction of sp³-hybridized carbons (Fsp3) is 1.00. The van der Waals surface area contributed by atoms with Gasteiger partial charge < -0.3 is 5.11 Å². The molecule has 2 saturated carbocycles. The largest absolute Gasteiger partial charge is 0.392 e. The molecule has 10 heavy (non-hydrogen) atoms. The van der Waals surface area contributed by atoms with Crippen LogP contribution in [0.15, 0.2) is 0 Å². The fourth-order valence-electron chi connectivity index (χ4n) is 2.83. The highest BCUT2D eigenvalue weighted by Gasteiger charge is 2.51. The van der Waals surface area contributed by atoms with Crippen molar-refractivity contribution in [2.24, 2.45) is 17.3 Å². The normalized spacial score (nSPS) is 50.1. The Morgan fingerprint density at radius 2 is 2.00 bits per heavy atom. The first-order chi connectivity index (χ1) is 4.62. The van der Waals surface area contributed by atoms with Crippen LogP contribution in [0.5, 0.6) is 0 Å². The van der Waals surface area contributed by atoms with Crippen LogP contribution in [0, 0.1) is 17.3 Å². The van der Waals surface area contributed by atoms with E-state index in [0.717, 1.165) is 5.92 Å². The summed E-state index contributed by atoms with van der Waals surface area (Å²) < 4.78 is 0. The van der Waals surface area contributed by atoms with Crippen LogP contribution in [-0.4, -0.2) is 11.2 Å². The van der Waals surface area contributed by atoms with Crippen LogP contribution in [0.2, 0.25) is 0 Å². The molecule has 2 bridgehead atoms. The predicted molar refractivity (Wildman–Crippen MR) is 40.6 cm³/mol. The number of rotatable bonds is 0. The molecule has 1 nitrogen and oxygen atoms in total. The summed E-state index contributed by atoms with van der Waals surface area (Å²) in [7, 11) is 0. The van der Waals surface area contributed by atoms with E-state index in [-0.39, 0.29) is 11.5 Å². The van der Waals surface area contributed by atoms with Gasteiger partial charge in [0.2, 0.25) is 0 Å². The Bertz CT molecular complexity index is 147. The van der Waals surface area contributed by atoms with Gasteiger partial charge in [0.15, 0.2) is 0 Å². The highest BCUT2D eigenvalue weighted by molar-refractivity contribution is 5.01. The second kappa shape index (κ2) is 1.76. The number of fused-ring (bicyclic) bond motifs is 2. The molecule has 0 aliphatic heterocycles. The van der Waals surface area contributed by atoms with Crippen LogP contribution in [0.1, 0.15) is 33.1 Å². The first-order valence-electron chi connectivity index (χ1n) is 4.30. The summed E-state index contributed by atoms with van der Waals surface area (Å²) in [6, 6.07) is 0. The second-order valence-electron chi connectivity index (χ2n) is 4.54. The summed E-state index contributed by atoms with van der Waals surface area (Å²) in [6.07, 6.45) is 3.91. The molecule has 0 amide bonds. The minimum Gasteiger partial charge on any atom is -0.392 e. The van der Waals surface area contributed by atoms with Crippen LogP contribution in [0.4, 0.5) is 0 Å². The average molecular weight is 140 g/mol. The summed E-state index contributed by atoms with van der Waals surface area (Å²) in [5, 5.41) is 9.75. The molecule has 0 saturated heterocycles. The van der Waals surface area contributed by atoms with Gasteiger partial charge in [-0.2, -0.15) is 0 Å². The van der Waals surface area contributed by atoms with E-state index < -0.39 is 0 Å². The van der Waals surface area contributed by atoms with E-state index in [4.69, 9.17) is 0 Å². The van der Waals surface area contributed by atoms with Crippen molar-refractivity contribution in [1.82, 2.24) is 0 Å². The van der Waals surface area contributed by atoms with E-state index in [1.165, 1.54) is 19.3 Å². The lowest BCUT2D eigenvalue weighted by Gasteiger charge is -2.34. The fourth-order valence-corrected chi connectivity index (χ4v) is 2.83. The van der Waals surface area contributed by atoms with E-state index in [0.29, 0.717) is 5.92 Å². The summed E-state index contributed by atoms with van der Waals surface area (Å²) in [6.45, 7) is 4.42. The van der Waals surface area contributed by atoms with E-state index in [9.17, 15) is 5.11 Å². The SMILES string of the molecule is CC1(C)[C@H]2CC[C@@H](C2)[C@H]1O. The first-order valence-corrected chi connectivity index (χ1v) is 4.30. The van der Waals surface area contributed by atoms with Gasteiger partial charge in [0.25, 0.3) is 0 Å². The van der Waals surface area contributed by atoms with Crippen molar-refractivity contribution in [1.29, 1.82) is 0 Å². The van der Waals surface area contributed by atoms with E-state index >= 15 is 0 Å². The maximum Gasteiger partial charge on any atom is 0.0622 e. The molecule has 2 rings (SSSR count). The number of aliphatic hydroxyl groups excluding tert-OH is 1. The average Bonchev–Trinajstić information content (AvgIpc) is 2.37. The second-order valence-corrected chi connectivity index (χ2v) is 4.54. The predicted octanol–water partition coefficient (Wildman–Crippen LogP) is 1.80. The third-order valence-corrected chi connectivity index (χ3v) is 3.73. The highest BCUT2D eigenvalue weighted by Crippen LogP contribution is 2.55. The van der Waals surface area contributed by atoms with Crippen molar-refractivity contribution < 1.29 is 5.11 Å². The van der Waals surface area contributed by atoms with Crippen molar-refractivity contribution in [2.75, 3.05) is 0 Å². The first kappa shape index (κ1) is 6.66. The van der Waals surface area contributed by atoms with Gasteiger partial charge in [0.05, 0.1) is 6.10 Å². The molecule has 0 spiro atoms. The van der Waals surface area contributed by atoms with Gasteiger partial charge in [0, 0.05) is 0 Å². The molecule has 2 aliphatic rings. The van der Waals surface area contributed by atoms with Crippen LogP contribution in [0.25, 0.3) is 0 Å². The van der Waals surface area contributed by atoms with E-state index in [1.807, 2.05) is 0 Å². The third kappa shape index (κ3) is 0.619. The monoisotopic (exact) mass is 140 g/mol. The Morgan fingerprint density at radius 3 is 2.30 bits per heavy atom. The van der Waals surface area contributed by atoms with Crippen molar-refractivity contribution in [3.63, 3.8) is 0 Å². The lowest BCUT2D eigenvalue weighted by molar-refractivity contribution is 0.00432.